The molecule has 4 aliphatic carbocycles. The largest absolute Gasteiger partial charge is 0.411 e. The van der Waals surface area contributed by atoms with E-state index in [1.54, 1.807) is 0 Å². The molecule has 2 N–H and O–H groups in total. The van der Waals surface area contributed by atoms with Crippen LogP contribution in [0, 0.1) is 17.8 Å². The smallest absolute Gasteiger partial charge is 0.0659 e. The predicted octanol–water partition coefficient (Wildman–Crippen LogP) is 1.78. The molecule has 4 rings (SSSR count). The summed E-state index contributed by atoms with van der Waals surface area (Å²) in [6, 6.07) is 0. The minimum atomic E-state index is -0.428. The Bertz CT molecular complexity index is 289. The molecule has 0 aromatic rings. The molecule has 4 fully saturated rings. The molecule has 0 heterocycles. The van der Waals surface area contributed by atoms with Gasteiger partial charge in [0, 0.05) is 5.92 Å². The average molecular weight is 195 g/mol. The minimum absolute atomic E-state index is 0.358. The first kappa shape index (κ1) is 8.72. The van der Waals surface area contributed by atoms with Gasteiger partial charge in [-0.1, -0.05) is 5.16 Å². The Morgan fingerprint density at radius 3 is 2.64 bits per heavy atom. The van der Waals surface area contributed by atoms with Crippen LogP contribution >= 0.6 is 0 Å². The van der Waals surface area contributed by atoms with Gasteiger partial charge in [0.25, 0.3) is 0 Å². The van der Waals surface area contributed by atoms with Crippen LogP contribution in [-0.2, 0) is 0 Å². The number of hydrogen-bond acceptors (Lipinski definition) is 3. The molecule has 4 unspecified atom stereocenters. The molecule has 0 saturated heterocycles. The van der Waals surface area contributed by atoms with E-state index < -0.39 is 5.60 Å². The highest BCUT2D eigenvalue weighted by molar-refractivity contribution is 5.87. The van der Waals surface area contributed by atoms with Crippen LogP contribution in [-0.4, -0.2) is 21.6 Å². The molecule has 0 radical (unpaired) electrons. The second-order valence-electron chi connectivity index (χ2n) is 5.53. The fourth-order valence-electron chi connectivity index (χ4n) is 4.08. The van der Waals surface area contributed by atoms with Crippen molar-refractivity contribution in [2.45, 2.75) is 44.1 Å². The number of hydrogen-bond donors (Lipinski definition) is 2. The Labute approximate surface area is 83.8 Å². The summed E-state index contributed by atoms with van der Waals surface area (Å²) in [5.74, 6) is 1.60. The third kappa shape index (κ3) is 1.18. The van der Waals surface area contributed by atoms with E-state index in [9.17, 15) is 5.11 Å². The standard InChI is InChI=1S/C11H17NO2/c13-11-4-7-1-8(5-11)3-10(12-14)9(2-7)6-11/h7-9,13-14H,1-6H2/b12-10+. The Kier molecular flexibility index (Phi) is 1.69. The molecule has 4 atom stereocenters. The first-order chi connectivity index (χ1) is 6.68. The van der Waals surface area contributed by atoms with Gasteiger partial charge >= 0.3 is 0 Å². The van der Waals surface area contributed by atoms with Crippen molar-refractivity contribution in [2.75, 3.05) is 0 Å². The molecule has 78 valence electrons. The van der Waals surface area contributed by atoms with Gasteiger partial charge in [0.05, 0.1) is 11.3 Å². The van der Waals surface area contributed by atoms with Gasteiger partial charge in [0.15, 0.2) is 0 Å². The summed E-state index contributed by atoms with van der Waals surface area (Å²) in [6.07, 6.45) is 6.03. The van der Waals surface area contributed by atoms with Gasteiger partial charge < -0.3 is 10.3 Å². The normalized spacial score (nSPS) is 53.8. The fraction of sp³-hybridized carbons (Fsp3) is 0.909. The van der Waals surface area contributed by atoms with E-state index in [1.807, 2.05) is 0 Å². The van der Waals surface area contributed by atoms with Crippen LogP contribution in [0.4, 0.5) is 0 Å². The topological polar surface area (TPSA) is 52.8 Å². The van der Waals surface area contributed by atoms with Crippen molar-refractivity contribution in [3.8, 4) is 0 Å². The van der Waals surface area contributed by atoms with Crippen molar-refractivity contribution < 1.29 is 10.3 Å². The van der Waals surface area contributed by atoms with E-state index >= 15 is 0 Å². The van der Waals surface area contributed by atoms with Gasteiger partial charge in [0.2, 0.25) is 0 Å². The first-order valence-corrected chi connectivity index (χ1v) is 5.62. The molecule has 4 saturated carbocycles. The molecule has 0 aromatic heterocycles. The maximum absolute atomic E-state index is 10.4. The molecule has 0 spiro atoms. The number of aliphatic hydroxyl groups is 1. The molecular weight excluding hydrogens is 178 g/mol. The maximum atomic E-state index is 10.4. The van der Waals surface area contributed by atoms with Crippen LogP contribution in [0.25, 0.3) is 0 Å². The average Bonchev–Trinajstić information content (AvgIpc) is 2.26. The van der Waals surface area contributed by atoms with Crippen molar-refractivity contribution >= 4 is 5.71 Å². The zero-order valence-corrected chi connectivity index (χ0v) is 8.32. The minimum Gasteiger partial charge on any atom is -0.411 e. The quantitative estimate of drug-likeness (QED) is 0.457. The summed E-state index contributed by atoms with van der Waals surface area (Å²) in [4.78, 5) is 0. The van der Waals surface area contributed by atoms with E-state index in [0.717, 1.165) is 37.8 Å². The second-order valence-corrected chi connectivity index (χ2v) is 5.53. The van der Waals surface area contributed by atoms with E-state index in [4.69, 9.17) is 5.21 Å². The molecule has 3 nitrogen and oxygen atoms in total. The highest BCUT2D eigenvalue weighted by Crippen LogP contribution is 2.52. The Morgan fingerprint density at radius 2 is 1.93 bits per heavy atom. The molecule has 0 amide bonds. The van der Waals surface area contributed by atoms with Crippen molar-refractivity contribution in [1.82, 2.24) is 0 Å². The summed E-state index contributed by atoms with van der Waals surface area (Å²) in [6.45, 7) is 0. The number of rotatable bonds is 0. The van der Waals surface area contributed by atoms with E-state index in [0.29, 0.717) is 17.8 Å². The summed E-state index contributed by atoms with van der Waals surface area (Å²) in [5.41, 5.74) is 0.524. The lowest BCUT2D eigenvalue weighted by Gasteiger charge is -2.44. The van der Waals surface area contributed by atoms with Gasteiger partial charge in [0.1, 0.15) is 0 Å². The van der Waals surface area contributed by atoms with Crippen LogP contribution in [0.1, 0.15) is 38.5 Å². The Morgan fingerprint density at radius 1 is 1.14 bits per heavy atom. The molecule has 14 heavy (non-hydrogen) atoms. The maximum Gasteiger partial charge on any atom is 0.0659 e. The van der Waals surface area contributed by atoms with Crippen LogP contribution in [0.3, 0.4) is 0 Å². The zero-order valence-electron chi connectivity index (χ0n) is 8.32. The SMILES string of the molecule is O/N=C1\CC2CC3CC1CC(O)(C2)C3. The molecule has 0 aromatic carbocycles. The first-order valence-electron chi connectivity index (χ1n) is 5.62. The molecule has 0 aliphatic heterocycles. The van der Waals surface area contributed by atoms with Crippen molar-refractivity contribution in [3.05, 3.63) is 0 Å². The highest BCUT2D eigenvalue weighted by Gasteiger charge is 2.49. The lowest BCUT2D eigenvalue weighted by atomic mass is 9.65. The van der Waals surface area contributed by atoms with E-state index in [2.05, 4.69) is 5.16 Å². The van der Waals surface area contributed by atoms with Crippen molar-refractivity contribution in [3.63, 3.8) is 0 Å². The third-order valence-electron chi connectivity index (χ3n) is 4.35. The lowest BCUT2D eigenvalue weighted by molar-refractivity contribution is -0.0679. The summed E-state index contributed by atoms with van der Waals surface area (Å²) >= 11 is 0. The number of fused-ring (bicyclic) bond motifs is 1. The van der Waals surface area contributed by atoms with Crippen LogP contribution in [0.2, 0.25) is 0 Å². The summed E-state index contributed by atoms with van der Waals surface area (Å²) in [5, 5.41) is 22.8. The Balaban J connectivity index is 1.99. The van der Waals surface area contributed by atoms with Gasteiger partial charge in [-0.05, 0) is 50.4 Å². The highest BCUT2D eigenvalue weighted by atomic mass is 16.4. The van der Waals surface area contributed by atoms with Crippen LogP contribution in [0.5, 0.6) is 0 Å². The lowest BCUT2D eigenvalue weighted by Crippen LogP contribution is -2.43. The van der Waals surface area contributed by atoms with Gasteiger partial charge in [-0.15, -0.1) is 0 Å². The van der Waals surface area contributed by atoms with E-state index in [1.165, 1.54) is 6.42 Å². The fourth-order valence-corrected chi connectivity index (χ4v) is 4.08. The molecule has 4 aliphatic rings. The van der Waals surface area contributed by atoms with Gasteiger partial charge in [-0.3, -0.25) is 0 Å². The Hall–Kier alpha value is -0.570. The van der Waals surface area contributed by atoms with Crippen molar-refractivity contribution in [1.29, 1.82) is 0 Å². The molecule has 3 heteroatoms. The second kappa shape index (κ2) is 2.72. The van der Waals surface area contributed by atoms with Gasteiger partial charge in [-0.25, -0.2) is 0 Å². The zero-order chi connectivity index (χ0) is 9.76. The van der Waals surface area contributed by atoms with Crippen LogP contribution < -0.4 is 0 Å². The number of nitrogens with zero attached hydrogens (tertiary/aromatic N) is 1. The number of oxime groups is 1. The predicted molar refractivity (Wildman–Crippen MR) is 52.3 cm³/mol. The monoisotopic (exact) mass is 195 g/mol. The summed E-state index contributed by atoms with van der Waals surface area (Å²) < 4.78 is 0. The molecular formula is C11H17NO2. The summed E-state index contributed by atoms with van der Waals surface area (Å²) in [7, 11) is 0. The van der Waals surface area contributed by atoms with Crippen LogP contribution in [0.15, 0.2) is 5.16 Å². The third-order valence-corrected chi connectivity index (χ3v) is 4.35. The van der Waals surface area contributed by atoms with Gasteiger partial charge in [-0.2, -0.15) is 0 Å². The van der Waals surface area contributed by atoms with Crippen molar-refractivity contribution in [2.24, 2.45) is 22.9 Å². The van der Waals surface area contributed by atoms with E-state index in [-0.39, 0.29) is 0 Å². The molecule has 4 bridgehead atoms.